The Morgan fingerprint density at radius 2 is 1.73 bits per heavy atom. The maximum Gasteiger partial charge on any atom is 0.150 e. The third-order valence-electron chi connectivity index (χ3n) is 3.66. The molecule has 0 radical (unpaired) electrons. The molecule has 0 aliphatic heterocycles. The minimum atomic E-state index is 0.147. The van der Waals surface area contributed by atoms with E-state index in [1.54, 1.807) is 12.1 Å². The van der Waals surface area contributed by atoms with Crippen LogP contribution in [0, 0.1) is 11.6 Å². The van der Waals surface area contributed by atoms with Gasteiger partial charge in [0.05, 0.1) is 0 Å². The monoisotopic (exact) mass is 307 g/mol. The summed E-state index contributed by atoms with van der Waals surface area (Å²) in [5, 5.41) is 9.67. The van der Waals surface area contributed by atoms with Crippen molar-refractivity contribution in [3.8, 4) is 16.9 Å². The normalized spacial score (nSPS) is 10.6. The molecule has 2 aromatic carbocycles. The summed E-state index contributed by atoms with van der Waals surface area (Å²) in [7, 11) is 0. The number of hydrogen-bond acceptors (Lipinski definition) is 2. The van der Waals surface area contributed by atoms with Gasteiger partial charge >= 0.3 is 0 Å². The number of benzene rings is 2. The Morgan fingerprint density at radius 1 is 0.955 bits per heavy atom. The second kappa shape index (κ2) is 6.16. The molecule has 1 aromatic heterocycles. The van der Waals surface area contributed by atoms with Crippen molar-refractivity contribution in [3.05, 3.63) is 82.6 Å². The lowest BCUT2D eigenvalue weighted by Crippen LogP contribution is -2.01. The molecule has 0 saturated carbocycles. The fourth-order valence-corrected chi connectivity index (χ4v) is 2.67. The van der Waals surface area contributed by atoms with Crippen molar-refractivity contribution >= 4 is 12.2 Å². The van der Waals surface area contributed by atoms with Gasteiger partial charge in [-0.3, -0.25) is 0 Å². The van der Waals surface area contributed by atoms with Gasteiger partial charge in [0.1, 0.15) is 10.4 Å². The Labute approximate surface area is 135 Å². The number of aromatic hydroxyl groups is 1. The first-order valence-corrected chi connectivity index (χ1v) is 7.59. The molecular formula is C19H17NOS. The summed E-state index contributed by atoms with van der Waals surface area (Å²) >= 11 is 5.22. The lowest BCUT2D eigenvalue weighted by Gasteiger charge is -2.09. The van der Waals surface area contributed by atoms with Gasteiger partial charge in [0, 0.05) is 12.7 Å². The van der Waals surface area contributed by atoms with Crippen molar-refractivity contribution in [1.82, 2.24) is 4.57 Å². The smallest absolute Gasteiger partial charge is 0.150 e. The summed E-state index contributed by atoms with van der Waals surface area (Å²) in [4.78, 5) is 0. The van der Waals surface area contributed by atoms with Crippen LogP contribution >= 0.6 is 12.2 Å². The van der Waals surface area contributed by atoms with E-state index in [9.17, 15) is 5.11 Å². The zero-order valence-electron chi connectivity index (χ0n) is 12.4. The first-order valence-electron chi connectivity index (χ1n) is 7.18. The molecule has 0 fully saturated rings. The summed E-state index contributed by atoms with van der Waals surface area (Å²) in [5.74, 6) is 0.147. The summed E-state index contributed by atoms with van der Waals surface area (Å²) in [6.45, 7) is 2.75. The van der Waals surface area contributed by atoms with Gasteiger partial charge in [-0.25, -0.2) is 0 Å². The average Bonchev–Trinajstić information content (AvgIpc) is 2.53. The summed E-state index contributed by atoms with van der Waals surface area (Å²) < 4.78 is 2.33. The molecule has 0 saturated heterocycles. The number of nitrogens with zero attached hydrogens (tertiary/aromatic N) is 1. The molecule has 3 rings (SSSR count). The number of aromatic nitrogens is 1. The molecule has 2 nitrogen and oxygen atoms in total. The molecule has 22 heavy (non-hydrogen) atoms. The molecule has 3 aromatic rings. The topological polar surface area (TPSA) is 25.2 Å². The molecule has 0 aliphatic carbocycles. The molecule has 0 spiro atoms. The number of rotatable bonds is 3. The van der Waals surface area contributed by atoms with Gasteiger partial charge in [0.25, 0.3) is 0 Å². The van der Waals surface area contributed by atoms with Crippen LogP contribution in [0.4, 0.5) is 0 Å². The molecule has 0 bridgehead atoms. The van der Waals surface area contributed by atoms with Crippen LogP contribution < -0.4 is 0 Å². The highest BCUT2D eigenvalue weighted by Crippen LogP contribution is 2.21. The predicted molar refractivity (Wildman–Crippen MR) is 92.6 cm³/mol. The fraction of sp³-hybridized carbons (Fsp3) is 0.105. The van der Waals surface area contributed by atoms with E-state index in [1.165, 1.54) is 16.7 Å². The molecule has 1 N–H and O–H groups in total. The van der Waals surface area contributed by atoms with Crippen molar-refractivity contribution in [2.24, 2.45) is 0 Å². The van der Waals surface area contributed by atoms with Crippen molar-refractivity contribution in [3.63, 3.8) is 0 Å². The average molecular weight is 307 g/mol. The van der Waals surface area contributed by atoms with Crippen LogP contribution in [0.3, 0.4) is 0 Å². The van der Waals surface area contributed by atoms with Crippen LogP contribution in [-0.4, -0.2) is 9.67 Å². The van der Waals surface area contributed by atoms with Crippen LogP contribution in [0.5, 0.6) is 5.75 Å². The number of hydrogen-bond donors (Lipinski definition) is 1. The lowest BCUT2D eigenvalue weighted by atomic mass is 10.0. The molecular weight excluding hydrogens is 290 g/mol. The highest BCUT2D eigenvalue weighted by atomic mass is 32.1. The van der Waals surface area contributed by atoms with Crippen molar-refractivity contribution in [2.75, 3.05) is 0 Å². The maximum atomic E-state index is 9.67. The van der Waals surface area contributed by atoms with Crippen LogP contribution in [0.2, 0.25) is 0 Å². The van der Waals surface area contributed by atoms with Crippen LogP contribution in [0.1, 0.15) is 11.1 Å². The Bertz CT molecular complexity index is 850. The van der Waals surface area contributed by atoms with Crippen LogP contribution in [-0.2, 0) is 6.54 Å². The third kappa shape index (κ3) is 3.10. The lowest BCUT2D eigenvalue weighted by molar-refractivity contribution is 0.464. The van der Waals surface area contributed by atoms with Crippen molar-refractivity contribution in [1.29, 1.82) is 0 Å². The summed E-state index contributed by atoms with van der Waals surface area (Å²) in [6, 6.07) is 20.3. The van der Waals surface area contributed by atoms with E-state index in [4.69, 9.17) is 12.2 Å². The second-order valence-electron chi connectivity index (χ2n) is 5.39. The molecule has 0 atom stereocenters. The number of aryl methyl sites for hydroxylation is 1. The minimum Gasteiger partial charge on any atom is -0.505 e. The van der Waals surface area contributed by atoms with E-state index in [2.05, 4.69) is 55.5 Å². The largest absolute Gasteiger partial charge is 0.505 e. The first-order chi connectivity index (χ1) is 10.6. The zero-order chi connectivity index (χ0) is 15.5. The standard InChI is InChI=1S/C19H17NOS/c1-14-4-2-5-17(12-14)16-9-7-15(8-10-16)13-20-11-3-6-18(21)19(20)22/h2-12,21H,13H2,1H3. The molecule has 110 valence electrons. The second-order valence-corrected chi connectivity index (χ2v) is 5.78. The highest BCUT2D eigenvalue weighted by Gasteiger charge is 2.01. The Morgan fingerprint density at radius 3 is 2.45 bits per heavy atom. The van der Waals surface area contributed by atoms with Crippen molar-refractivity contribution in [2.45, 2.75) is 13.5 Å². The zero-order valence-corrected chi connectivity index (χ0v) is 13.2. The van der Waals surface area contributed by atoms with Gasteiger partial charge in [0.15, 0.2) is 0 Å². The van der Waals surface area contributed by atoms with Gasteiger partial charge in [-0.15, -0.1) is 0 Å². The molecule has 3 heteroatoms. The molecule has 0 amide bonds. The maximum absolute atomic E-state index is 9.67. The summed E-state index contributed by atoms with van der Waals surface area (Å²) in [5.41, 5.74) is 4.83. The molecule has 0 aliphatic rings. The van der Waals surface area contributed by atoms with Gasteiger partial charge in [-0.1, -0.05) is 66.3 Å². The molecule has 0 unspecified atom stereocenters. The summed E-state index contributed by atoms with van der Waals surface area (Å²) in [6.07, 6.45) is 1.89. The fourth-order valence-electron chi connectivity index (χ4n) is 2.47. The van der Waals surface area contributed by atoms with Crippen LogP contribution in [0.15, 0.2) is 66.9 Å². The van der Waals surface area contributed by atoms with Gasteiger partial charge in [-0.05, 0) is 35.7 Å². The van der Waals surface area contributed by atoms with E-state index < -0.39 is 0 Å². The van der Waals surface area contributed by atoms with Crippen LogP contribution in [0.25, 0.3) is 11.1 Å². The predicted octanol–water partition coefficient (Wildman–Crippen LogP) is 4.95. The highest BCUT2D eigenvalue weighted by molar-refractivity contribution is 7.71. The van der Waals surface area contributed by atoms with Gasteiger partial charge in [0.2, 0.25) is 0 Å². The number of pyridine rings is 1. The third-order valence-corrected chi connectivity index (χ3v) is 4.10. The first kappa shape index (κ1) is 14.5. The Kier molecular flexibility index (Phi) is 4.07. The minimum absolute atomic E-state index is 0.147. The SMILES string of the molecule is Cc1cccc(-c2ccc(Cn3cccc(O)c3=S)cc2)c1. The van der Waals surface area contributed by atoms with Gasteiger partial charge in [-0.2, -0.15) is 0 Å². The van der Waals surface area contributed by atoms with E-state index in [0.717, 1.165) is 5.56 Å². The van der Waals surface area contributed by atoms with E-state index in [-0.39, 0.29) is 5.75 Å². The van der Waals surface area contributed by atoms with E-state index in [1.807, 2.05) is 10.8 Å². The van der Waals surface area contributed by atoms with Crippen molar-refractivity contribution < 1.29 is 5.11 Å². The Hall–Kier alpha value is -2.39. The quantitative estimate of drug-likeness (QED) is 0.693. The molecule has 1 heterocycles. The van der Waals surface area contributed by atoms with Gasteiger partial charge < -0.3 is 9.67 Å². The Balaban J connectivity index is 1.86. The van der Waals surface area contributed by atoms with E-state index in [0.29, 0.717) is 11.2 Å². The van der Waals surface area contributed by atoms with E-state index >= 15 is 0 Å².